The van der Waals surface area contributed by atoms with Gasteiger partial charge in [0.15, 0.2) is 5.78 Å². The summed E-state index contributed by atoms with van der Waals surface area (Å²) in [6.45, 7) is 1.47. The average Bonchev–Trinajstić information content (AvgIpc) is 2.32. The minimum absolute atomic E-state index is 0.0687. The molecule has 2 aromatic rings. The highest BCUT2D eigenvalue weighted by molar-refractivity contribution is 5.99. The number of nitrogens with one attached hydrogen (secondary N) is 1. The molecule has 0 radical (unpaired) electrons. The molecule has 0 bridgehead atoms. The predicted molar refractivity (Wildman–Crippen MR) is 70.5 cm³/mol. The molecule has 0 aliphatic rings. The molecular weight excluding hydrogens is 231 g/mol. The molecule has 0 amide bonds. The zero-order valence-electron chi connectivity index (χ0n) is 9.91. The van der Waals surface area contributed by atoms with E-state index in [2.05, 4.69) is 5.32 Å². The van der Waals surface area contributed by atoms with Crippen LogP contribution in [-0.2, 0) is 0 Å². The van der Waals surface area contributed by atoms with Gasteiger partial charge in [0.05, 0.1) is 0 Å². The van der Waals surface area contributed by atoms with Crippen LogP contribution in [0.5, 0.6) is 0 Å². The first-order chi connectivity index (χ1) is 8.56. The molecule has 0 unspecified atom stereocenters. The third-order valence-corrected chi connectivity index (χ3v) is 2.56. The lowest BCUT2D eigenvalue weighted by molar-refractivity contribution is 0.101. The lowest BCUT2D eigenvalue weighted by Gasteiger charge is -2.09. The monoisotopic (exact) mass is 244 g/mol. The van der Waals surface area contributed by atoms with E-state index < -0.39 is 0 Å². The van der Waals surface area contributed by atoms with Crippen molar-refractivity contribution in [2.45, 2.75) is 6.92 Å². The second-order valence-electron chi connectivity index (χ2n) is 3.99. The van der Waals surface area contributed by atoms with Crippen LogP contribution in [-0.4, -0.2) is 5.78 Å². The summed E-state index contributed by atoms with van der Waals surface area (Å²) in [5, 5.41) is 3.08. The Bertz CT molecular complexity index is 579. The zero-order valence-corrected chi connectivity index (χ0v) is 9.91. The van der Waals surface area contributed by atoms with Gasteiger partial charge in [-0.2, -0.15) is 0 Å². The number of rotatable bonds is 3. The van der Waals surface area contributed by atoms with Crippen LogP contribution in [0.15, 0.2) is 42.5 Å². The van der Waals surface area contributed by atoms with Crippen molar-refractivity contribution in [2.75, 3.05) is 11.1 Å². The molecule has 0 atom stereocenters. The SMILES string of the molecule is CC(=O)c1ccc(Nc2ccc(F)cc2)cc1N. The van der Waals surface area contributed by atoms with Gasteiger partial charge in [-0.25, -0.2) is 4.39 Å². The van der Waals surface area contributed by atoms with Crippen molar-refractivity contribution in [2.24, 2.45) is 0 Å². The number of carbonyl (C=O) groups excluding carboxylic acids is 1. The third kappa shape index (κ3) is 2.66. The second kappa shape index (κ2) is 4.87. The van der Waals surface area contributed by atoms with Crippen LogP contribution in [0.1, 0.15) is 17.3 Å². The van der Waals surface area contributed by atoms with Crippen LogP contribution in [0.4, 0.5) is 21.5 Å². The summed E-state index contributed by atoms with van der Waals surface area (Å²) in [6.07, 6.45) is 0. The van der Waals surface area contributed by atoms with E-state index in [0.717, 1.165) is 11.4 Å². The Hall–Kier alpha value is -2.36. The van der Waals surface area contributed by atoms with Gasteiger partial charge in [0.2, 0.25) is 0 Å². The summed E-state index contributed by atoms with van der Waals surface area (Å²) in [4.78, 5) is 11.2. The number of ketones is 1. The van der Waals surface area contributed by atoms with Crippen molar-refractivity contribution in [1.82, 2.24) is 0 Å². The van der Waals surface area contributed by atoms with Crippen molar-refractivity contribution in [3.8, 4) is 0 Å². The summed E-state index contributed by atoms with van der Waals surface area (Å²) in [7, 11) is 0. The highest BCUT2D eigenvalue weighted by atomic mass is 19.1. The number of hydrogen-bond donors (Lipinski definition) is 2. The summed E-state index contributed by atoms with van der Waals surface area (Å²) in [6, 6.07) is 11.1. The Labute approximate surface area is 104 Å². The Morgan fingerprint density at radius 2 is 1.72 bits per heavy atom. The maximum Gasteiger partial charge on any atom is 0.161 e. The first-order valence-electron chi connectivity index (χ1n) is 5.49. The van der Waals surface area contributed by atoms with Crippen molar-refractivity contribution >= 4 is 22.8 Å². The lowest BCUT2D eigenvalue weighted by Crippen LogP contribution is -2.00. The molecule has 0 aromatic heterocycles. The van der Waals surface area contributed by atoms with Crippen molar-refractivity contribution < 1.29 is 9.18 Å². The second-order valence-corrected chi connectivity index (χ2v) is 3.99. The number of hydrogen-bond acceptors (Lipinski definition) is 3. The third-order valence-electron chi connectivity index (χ3n) is 2.56. The van der Waals surface area contributed by atoms with Gasteiger partial charge in [0.1, 0.15) is 5.82 Å². The first kappa shape index (κ1) is 12.1. The largest absolute Gasteiger partial charge is 0.398 e. The molecule has 3 nitrogen and oxygen atoms in total. The number of carbonyl (C=O) groups is 1. The number of anilines is 3. The van der Waals surface area contributed by atoms with Crippen molar-refractivity contribution in [3.05, 3.63) is 53.8 Å². The molecule has 0 aliphatic heterocycles. The molecule has 0 aliphatic carbocycles. The van der Waals surface area contributed by atoms with Crippen LogP contribution in [0.3, 0.4) is 0 Å². The Morgan fingerprint density at radius 3 is 2.28 bits per heavy atom. The van der Waals surface area contributed by atoms with Crippen molar-refractivity contribution in [3.63, 3.8) is 0 Å². The standard InChI is InChI=1S/C14H13FN2O/c1-9(18)13-7-6-12(8-14(13)16)17-11-4-2-10(15)3-5-11/h2-8,17H,16H2,1H3. The number of benzene rings is 2. The van der Waals surface area contributed by atoms with E-state index in [1.54, 1.807) is 30.3 Å². The lowest BCUT2D eigenvalue weighted by atomic mass is 10.1. The molecule has 4 heteroatoms. The van der Waals surface area contributed by atoms with Crippen LogP contribution >= 0.6 is 0 Å². The van der Waals surface area contributed by atoms with E-state index in [-0.39, 0.29) is 11.6 Å². The highest BCUT2D eigenvalue weighted by Gasteiger charge is 2.05. The van der Waals surface area contributed by atoms with E-state index in [1.807, 2.05) is 0 Å². The van der Waals surface area contributed by atoms with Crippen LogP contribution in [0.2, 0.25) is 0 Å². The molecule has 2 rings (SSSR count). The fourth-order valence-corrected chi connectivity index (χ4v) is 1.66. The number of Topliss-reactive ketones (excluding diaryl/α,β-unsaturated/α-hetero) is 1. The van der Waals surface area contributed by atoms with E-state index in [1.165, 1.54) is 19.1 Å². The van der Waals surface area contributed by atoms with Crippen LogP contribution in [0, 0.1) is 5.82 Å². The van der Waals surface area contributed by atoms with E-state index in [0.29, 0.717) is 11.3 Å². The van der Waals surface area contributed by atoms with E-state index >= 15 is 0 Å². The van der Waals surface area contributed by atoms with Gasteiger partial charge in [-0.05, 0) is 49.4 Å². The molecular formula is C14H13FN2O. The molecule has 0 spiro atoms. The summed E-state index contributed by atoms with van der Waals surface area (Å²) < 4.78 is 12.7. The van der Waals surface area contributed by atoms with Crippen LogP contribution in [0.25, 0.3) is 0 Å². The molecule has 18 heavy (non-hydrogen) atoms. The predicted octanol–water partition coefficient (Wildman–Crippen LogP) is 3.35. The number of halogens is 1. The molecule has 92 valence electrons. The molecule has 0 saturated heterocycles. The summed E-state index contributed by atoms with van der Waals surface area (Å²) in [5.74, 6) is -0.354. The highest BCUT2D eigenvalue weighted by Crippen LogP contribution is 2.22. The number of nitrogen functional groups attached to an aromatic ring is 1. The van der Waals surface area contributed by atoms with Gasteiger partial charge in [0, 0.05) is 22.6 Å². The molecule has 2 aromatic carbocycles. The van der Waals surface area contributed by atoms with Gasteiger partial charge >= 0.3 is 0 Å². The Kier molecular flexibility index (Phi) is 3.28. The van der Waals surface area contributed by atoms with Gasteiger partial charge < -0.3 is 11.1 Å². The fourth-order valence-electron chi connectivity index (χ4n) is 1.66. The molecule has 3 N–H and O–H groups in total. The maximum absolute atomic E-state index is 12.7. The normalized spacial score (nSPS) is 10.1. The van der Waals surface area contributed by atoms with Gasteiger partial charge in [-0.15, -0.1) is 0 Å². The Balaban J connectivity index is 2.22. The minimum atomic E-state index is -0.285. The van der Waals surface area contributed by atoms with Crippen molar-refractivity contribution in [1.29, 1.82) is 0 Å². The summed E-state index contributed by atoms with van der Waals surface area (Å²) in [5.41, 5.74) is 8.21. The number of nitrogens with two attached hydrogens (primary N) is 1. The van der Waals surface area contributed by atoms with Crippen LogP contribution < -0.4 is 11.1 Å². The first-order valence-corrected chi connectivity index (χ1v) is 5.49. The van der Waals surface area contributed by atoms with Gasteiger partial charge in [-0.1, -0.05) is 0 Å². The zero-order chi connectivity index (χ0) is 13.1. The van der Waals surface area contributed by atoms with E-state index in [9.17, 15) is 9.18 Å². The topological polar surface area (TPSA) is 55.1 Å². The van der Waals surface area contributed by atoms with Gasteiger partial charge in [0.25, 0.3) is 0 Å². The fraction of sp³-hybridized carbons (Fsp3) is 0.0714. The average molecular weight is 244 g/mol. The quantitative estimate of drug-likeness (QED) is 0.643. The maximum atomic E-state index is 12.7. The molecule has 0 saturated carbocycles. The smallest absolute Gasteiger partial charge is 0.161 e. The summed E-state index contributed by atoms with van der Waals surface area (Å²) >= 11 is 0. The molecule has 0 heterocycles. The Morgan fingerprint density at radius 1 is 1.11 bits per heavy atom. The van der Waals surface area contributed by atoms with E-state index in [4.69, 9.17) is 5.73 Å². The molecule has 0 fully saturated rings. The van der Waals surface area contributed by atoms with Gasteiger partial charge in [-0.3, -0.25) is 4.79 Å². The minimum Gasteiger partial charge on any atom is -0.398 e.